The van der Waals surface area contributed by atoms with Crippen molar-refractivity contribution in [2.24, 2.45) is 0 Å². The predicted octanol–water partition coefficient (Wildman–Crippen LogP) is 3.40. The number of aliphatic hydroxyl groups excluding tert-OH is 1. The maximum Gasteiger partial charge on any atom is 0.0684 e. The highest BCUT2D eigenvalue weighted by Gasteiger charge is 2.20. The molecule has 0 atom stereocenters. The van der Waals surface area contributed by atoms with Crippen molar-refractivity contribution in [2.75, 3.05) is 0 Å². The minimum atomic E-state index is 0.137. The van der Waals surface area contributed by atoms with Gasteiger partial charge in [0, 0.05) is 0 Å². The van der Waals surface area contributed by atoms with Crippen LogP contribution in [0.1, 0.15) is 48.6 Å². The molecule has 1 N–H and O–H groups in total. The summed E-state index contributed by atoms with van der Waals surface area (Å²) in [7, 11) is 0. The van der Waals surface area contributed by atoms with Crippen molar-refractivity contribution in [3.05, 3.63) is 33.9 Å². The first-order valence-corrected chi connectivity index (χ1v) is 5.50. The highest BCUT2D eigenvalue weighted by atomic mass is 16.3. The molecule has 1 nitrogen and oxygen atoms in total. The molecule has 0 spiro atoms. The highest BCUT2D eigenvalue weighted by Crippen LogP contribution is 2.32. The Balaban J connectivity index is 3.50. The van der Waals surface area contributed by atoms with Crippen LogP contribution in [-0.4, -0.2) is 5.11 Å². The van der Waals surface area contributed by atoms with E-state index in [-0.39, 0.29) is 12.0 Å². The zero-order chi connectivity index (χ0) is 11.8. The van der Waals surface area contributed by atoms with Gasteiger partial charge in [0.25, 0.3) is 0 Å². The maximum absolute atomic E-state index is 9.26. The van der Waals surface area contributed by atoms with Crippen molar-refractivity contribution in [3.8, 4) is 0 Å². The molecule has 0 saturated heterocycles. The van der Waals surface area contributed by atoms with Gasteiger partial charge in [-0.1, -0.05) is 26.8 Å². The van der Waals surface area contributed by atoms with E-state index in [1.165, 1.54) is 22.3 Å². The average molecular weight is 206 g/mol. The molecule has 0 fully saturated rings. The zero-order valence-corrected chi connectivity index (χ0v) is 10.7. The van der Waals surface area contributed by atoms with Gasteiger partial charge in [0.15, 0.2) is 0 Å². The van der Waals surface area contributed by atoms with Gasteiger partial charge in [0.2, 0.25) is 0 Å². The number of hydrogen-bond donors (Lipinski definition) is 1. The summed E-state index contributed by atoms with van der Waals surface area (Å²) in [6.07, 6.45) is 0. The van der Waals surface area contributed by atoms with E-state index in [9.17, 15) is 5.11 Å². The quantitative estimate of drug-likeness (QED) is 0.746. The molecule has 1 aromatic carbocycles. The lowest BCUT2D eigenvalue weighted by molar-refractivity contribution is 0.280. The zero-order valence-electron chi connectivity index (χ0n) is 10.7. The Kier molecular flexibility index (Phi) is 3.25. The Morgan fingerprint density at radius 3 is 2.00 bits per heavy atom. The molecule has 1 aromatic rings. The number of hydrogen-bond acceptors (Lipinski definition) is 1. The van der Waals surface area contributed by atoms with Gasteiger partial charge in [-0.2, -0.15) is 0 Å². The molecular weight excluding hydrogens is 184 g/mol. The Labute approximate surface area is 93.1 Å². The SMILES string of the molecule is Cc1cc(CO)c(C)c(C)c1C(C)(C)C. The van der Waals surface area contributed by atoms with Crippen molar-refractivity contribution in [1.29, 1.82) is 0 Å². The number of benzene rings is 1. The second kappa shape index (κ2) is 3.97. The van der Waals surface area contributed by atoms with Crippen LogP contribution < -0.4 is 0 Å². The van der Waals surface area contributed by atoms with Gasteiger partial charge >= 0.3 is 0 Å². The van der Waals surface area contributed by atoms with Gasteiger partial charge in [0.05, 0.1) is 6.61 Å². The molecule has 0 radical (unpaired) electrons. The molecule has 1 rings (SSSR count). The third kappa shape index (κ3) is 2.23. The lowest BCUT2D eigenvalue weighted by Crippen LogP contribution is -2.16. The molecular formula is C14H22O. The van der Waals surface area contributed by atoms with Gasteiger partial charge < -0.3 is 5.11 Å². The Morgan fingerprint density at radius 2 is 1.60 bits per heavy atom. The highest BCUT2D eigenvalue weighted by molar-refractivity contribution is 5.47. The first-order chi connectivity index (χ1) is 6.79. The maximum atomic E-state index is 9.26. The van der Waals surface area contributed by atoms with Crippen LogP contribution in [0.5, 0.6) is 0 Å². The summed E-state index contributed by atoms with van der Waals surface area (Å²) in [5.74, 6) is 0. The summed E-state index contributed by atoms with van der Waals surface area (Å²) in [6.45, 7) is 13.2. The van der Waals surface area contributed by atoms with Crippen molar-refractivity contribution >= 4 is 0 Å². The van der Waals surface area contributed by atoms with E-state index in [1.54, 1.807) is 0 Å². The van der Waals surface area contributed by atoms with E-state index in [4.69, 9.17) is 0 Å². The standard InChI is InChI=1S/C14H22O/c1-9-7-12(8-15)10(2)11(3)13(9)14(4,5)6/h7,15H,8H2,1-6H3. The first kappa shape index (κ1) is 12.3. The van der Waals surface area contributed by atoms with Crippen molar-refractivity contribution in [1.82, 2.24) is 0 Å². The van der Waals surface area contributed by atoms with Gasteiger partial charge in [0.1, 0.15) is 0 Å². The van der Waals surface area contributed by atoms with Gasteiger partial charge in [-0.3, -0.25) is 0 Å². The van der Waals surface area contributed by atoms with E-state index in [0.717, 1.165) is 5.56 Å². The molecule has 0 aromatic heterocycles. The second-order valence-corrected chi connectivity index (χ2v) is 5.39. The van der Waals surface area contributed by atoms with Gasteiger partial charge in [-0.05, 0) is 54.0 Å². The van der Waals surface area contributed by atoms with Crippen LogP contribution in [0.3, 0.4) is 0 Å². The van der Waals surface area contributed by atoms with E-state index >= 15 is 0 Å². The van der Waals surface area contributed by atoms with Crippen LogP contribution in [0.25, 0.3) is 0 Å². The summed E-state index contributed by atoms with van der Waals surface area (Å²) in [5.41, 5.74) is 6.48. The van der Waals surface area contributed by atoms with Crippen molar-refractivity contribution < 1.29 is 5.11 Å². The van der Waals surface area contributed by atoms with E-state index in [2.05, 4.69) is 47.6 Å². The molecule has 0 unspecified atom stereocenters. The molecule has 0 saturated carbocycles. The van der Waals surface area contributed by atoms with E-state index < -0.39 is 0 Å². The number of aliphatic hydroxyl groups is 1. The lowest BCUT2D eigenvalue weighted by atomic mass is 9.79. The van der Waals surface area contributed by atoms with Crippen LogP contribution in [-0.2, 0) is 12.0 Å². The summed E-state index contributed by atoms with van der Waals surface area (Å²) in [5, 5.41) is 9.26. The molecule has 0 aliphatic carbocycles. The topological polar surface area (TPSA) is 20.2 Å². The molecule has 15 heavy (non-hydrogen) atoms. The predicted molar refractivity (Wildman–Crippen MR) is 65.3 cm³/mol. The Morgan fingerprint density at radius 1 is 1.07 bits per heavy atom. The molecule has 0 heterocycles. The fourth-order valence-corrected chi connectivity index (χ4v) is 2.48. The van der Waals surface area contributed by atoms with E-state index in [0.29, 0.717) is 0 Å². The average Bonchev–Trinajstić information content (AvgIpc) is 2.09. The summed E-state index contributed by atoms with van der Waals surface area (Å²) < 4.78 is 0. The third-order valence-electron chi connectivity index (χ3n) is 3.12. The number of aryl methyl sites for hydroxylation is 1. The fraction of sp³-hybridized carbons (Fsp3) is 0.571. The minimum Gasteiger partial charge on any atom is -0.392 e. The second-order valence-electron chi connectivity index (χ2n) is 5.39. The van der Waals surface area contributed by atoms with Crippen molar-refractivity contribution in [3.63, 3.8) is 0 Å². The van der Waals surface area contributed by atoms with Crippen LogP contribution in [0.4, 0.5) is 0 Å². The molecule has 0 aliphatic heterocycles. The first-order valence-electron chi connectivity index (χ1n) is 5.50. The normalized spacial score (nSPS) is 11.9. The molecule has 0 aliphatic rings. The van der Waals surface area contributed by atoms with E-state index in [1.807, 2.05) is 0 Å². The largest absolute Gasteiger partial charge is 0.392 e. The fourth-order valence-electron chi connectivity index (χ4n) is 2.48. The monoisotopic (exact) mass is 206 g/mol. The van der Waals surface area contributed by atoms with Crippen molar-refractivity contribution in [2.45, 2.75) is 53.6 Å². The molecule has 1 heteroatoms. The summed E-state index contributed by atoms with van der Waals surface area (Å²) in [6, 6.07) is 2.11. The van der Waals surface area contributed by atoms with Crippen LogP contribution in [0.15, 0.2) is 6.07 Å². The van der Waals surface area contributed by atoms with Gasteiger partial charge in [-0.15, -0.1) is 0 Å². The lowest BCUT2D eigenvalue weighted by Gasteiger charge is -2.26. The Hall–Kier alpha value is -0.820. The molecule has 0 amide bonds. The minimum absolute atomic E-state index is 0.137. The molecule has 84 valence electrons. The Bertz CT molecular complexity index is 370. The number of rotatable bonds is 1. The van der Waals surface area contributed by atoms with Crippen LogP contribution >= 0.6 is 0 Å². The molecule has 0 bridgehead atoms. The summed E-state index contributed by atoms with van der Waals surface area (Å²) in [4.78, 5) is 0. The summed E-state index contributed by atoms with van der Waals surface area (Å²) >= 11 is 0. The van der Waals surface area contributed by atoms with Gasteiger partial charge in [-0.25, -0.2) is 0 Å². The van der Waals surface area contributed by atoms with Crippen LogP contribution in [0, 0.1) is 20.8 Å². The third-order valence-corrected chi connectivity index (χ3v) is 3.12. The van der Waals surface area contributed by atoms with Crippen LogP contribution in [0.2, 0.25) is 0 Å². The smallest absolute Gasteiger partial charge is 0.0684 e.